The first-order valence-electron chi connectivity index (χ1n) is 7.06. The van der Waals surface area contributed by atoms with Crippen LogP contribution in [0.25, 0.3) is 0 Å². The van der Waals surface area contributed by atoms with Crippen LogP contribution in [-0.2, 0) is 0 Å². The summed E-state index contributed by atoms with van der Waals surface area (Å²) in [5.41, 5.74) is 1.70. The molecule has 0 aliphatic carbocycles. The van der Waals surface area contributed by atoms with E-state index >= 15 is 0 Å². The van der Waals surface area contributed by atoms with E-state index < -0.39 is 7.26 Å². The standard InChI is InChI=1S/C16H28P/c1-6-14(4)17(8-3,15(5)7-2)16-12-10-9-11-13-16/h9-15H,6-8H2,1-5H3/q+1. The minimum Gasteiger partial charge on any atom is -0.0620 e. The third kappa shape index (κ3) is 2.74. The summed E-state index contributed by atoms with van der Waals surface area (Å²) in [7, 11) is -1.01. The normalized spacial score (nSPS) is 18.4. The summed E-state index contributed by atoms with van der Waals surface area (Å²) in [4.78, 5) is 0. The molecule has 17 heavy (non-hydrogen) atoms. The quantitative estimate of drug-likeness (QED) is 0.628. The van der Waals surface area contributed by atoms with Crippen molar-refractivity contribution in [1.29, 1.82) is 0 Å². The predicted octanol–water partition coefficient (Wildman–Crippen LogP) is 4.95. The molecule has 0 saturated carbocycles. The summed E-state index contributed by atoms with van der Waals surface area (Å²) >= 11 is 0. The van der Waals surface area contributed by atoms with Crippen molar-refractivity contribution in [2.24, 2.45) is 0 Å². The van der Waals surface area contributed by atoms with Gasteiger partial charge in [-0.05, 0) is 45.7 Å². The lowest BCUT2D eigenvalue weighted by Gasteiger charge is -2.36. The highest BCUT2D eigenvalue weighted by Crippen LogP contribution is 2.66. The Bertz CT molecular complexity index is 308. The summed E-state index contributed by atoms with van der Waals surface area (Å²) in [6.45, 7) is 12.0. The van der Waals surface area contributed by atoms with Crippen molar-refractivity contribution in [2.75, 3.05) is 6.16 Å². The zero-order chi connectivity index (χ0) is 12.9. The second kappa shape index (κ2) is 6.55. The Morgan fingerprint density at radius 1 is 0.882 bits per heavy atom. The third-order valence-corrected chi connectivity index (χ3v) is 10.7. The first-order valence-corrected chi connectivity index (χ1v) is 9.17. The molecule has 0 radical (unpaired) electrons. The molecule has 0 amide bonds. The Morgan fingerprint density at radius 3 is 1.71 bits per heavy atom. The molecule has 0 aliphatic heterocycles. The molecule has 0 saturated heterocycles. The van der Waals surface area contributed by atoms with Crippen molar-refractivity contribution < 1.29 is 0 Å². The van der Waals surface area contributed by atoms with Crippen LogP contribution in [0.2, 0.25) is 0 Å². The maximum atomic E-state index is 2.47. The Morgan fingerprint density at radius 2 is 1.35 bits per heavy atom. The van der Waals surface area contributed by atoms with Crippen molar-refractivity contribution in [1.82, 2.24) is 0 Å². The van der Waals surface area contributed by atoms with Crippen LogP contribution in [0.15, 0.2) is 30.3 Å². The van der Waals surface area contributed by atoms with E-state index in [0.717, 1.165) is 11.3 Å². The molecule has 1 aromatic carbocycles. The van der Waals surface area contributed by atoms with Crippen molar-refractivity contribution in [3.8, 4) is 0 Å². The van der Waals surface area contributed by atoms with Gasteiger partial charge < -0.3 is 0 Å². The summed E-state index contributed by atoms with van der Waals surface area (Å²) < 4.78 is 0. The Labute approximate surface area is 108 Å². The molecule has 0 aromatic heterocycles. The molecule has 0 N–H and O–H groups in total. The van der Waals surface area contributed by atoms with Crippen molar-refractivity contribution >= 4 is 12.6 Å². The van der Waals surface area contributed by atoms with Gasteiger partial charge in [-0.25, -0.2) is 0 Å². The van der Waals surface area contributed by atoms with Crippen LogP contribution < -0.4 is 5.30 Å². The molecule has 0 heterocycles. The van der Waals surface area contributed by atoms with Gasteiger partial charge in [0.05, 0.1) is 30.0 Å². The average molecular weight is 251 g/mol. The largest absolute Gasteiger partial charge is 0.0944 e. The Balaban J connectivity index is 3.26. The van der Waals surface area contributed by atoms with Crippen molar-refractivity contribution in [3.63, 3.8) is 0 Å². The summed E-state index contributed by atoms with van der Waals surface area (Å²) in [5.74, 6) is 0. The molecule has 2 atom stereocenters. The molecular weight excluding hydrogens is 223 g/mol. The van der Waals surface area contributed by atoms with Crippen LogP contribution in [0, 0.1) is 0 Å². The van der Waals surface area contributed by atoms with Crippen LogP contribution >= 0.6 is 7.26 Å². The van der Waals surface area contributed by atoms with Crippen LogP contribution in [0.4, 0.5) is 0 Å². The Kier molecular flexibility index (Phi) is 5.67. The van der Waals surface area contributed by atoms with Gasteiger partial charge in [-0.1, -0.05) is 32.0 Å². The SMILES string of the molecule is CCC(C)[P+](CC)(c1ccccc1)C(C)CC. The molecule has 1 aromatic rings. The highest BCUT2D eigenvalue weighted by molar-refractivity contribution is 7.84. The zero-order valence-electron chi connectivity index (χ0n) is 12.1. The molecule has 1 heteroatoms. The smallest absolute Gasteiger partial charge is 0.0620 e. The fourth-order valence-electron chi connectivity index (χ4n) is 3.11. The maximum Gasteiger partial charge on any atom is 0.0944 e. The van der Waals surface area contributed by atoms with E-state index in [9.17, 15) is 0 Å². The van der Waals surface area contributed by atoms with Gasteiger partial charge in [0.2, 0.25) is 0 Å². The fraction of sp³-hybridized carbons (Fsp3) is 0.625. The molecule has 96 valence electrons. The van der Waals surface area contributed by atoms with Gasteiger partial charge in [0, 0.05) is 0 Å². The minimum atomic E-state index is -1.01. The molecule has 0 aliphatic rings. The lowest BCUT2D eigenvalue weighted by molar-refractivity contribution is 0.819. The van der Waals surface area contributed by atoms with E-state index in [0.29, 0.717) is 0 Å². The lowest BCUT2D eigenvalue weighted by atomic mass is 10.3. The van der Waals surface area contributed by atoms with E-state index in [1.165, 1.54) is 19.0 Å². The second-order valence-corrected chi connectivity index (χ2v) is 9.87. The van der Waals surface area contributed by atoms with E-state index in [4.69, 9.17) is 0 Å². The average Bonchev–Trinajstić information content (AvgIpc) is 2.40. The topological polar surface area (TPSA) is 0 Å². The lowest BCUT2D eigenvalue weighted by Crippen LogP contribution is -2.30. The molecule has 1 rings (SSSR count). The minimum absolute atomic E-state index is 0.852. The third-order valence-electron chi connectivity index (χ3n) is 4.51. The summed E-state index contributed by atoms with van der Waals surface area (Å²) in [6.07, 6.45) is 3.96. The Hall–Kier alpha value is -0.350. The second-order valence-electron chi connectivity index (χ2n) is 5.10. The number of rotatable bonds is 6. The summed E-state index contributed by atoms with van der Waals surface area (Å²) in [6, 6.07) is 11.3. The molecular formula is C16H28P+. The monoisotopic (exact) mass is 251 g/mol. The van der Waals surface area contributed by atoms with Crippen LogP contribution in [0.3, 0.4) is 0 Å². The maximum absolute atomic E-state index is 2.47. The van der Waals surface area contributed by atoms with Gasteiger partial charge in [-0.2, -0.15) is 0 Å². The number of benzene rings is 1. The first-order chi connectivity index (χ1) is 8.13. The first kappa shape index (κ1) is 14.7. The van der Waals surface area contributed by atoms with Gasteiger partial charge in [-0.15, -0.1) is 0 Å². The number of hydrogen-bond acceptors (Lipinski definition) is 0. The molecule has 2 unspecified atom stereocenters. The fourth-order valence-corrected chi connectivity index (χ4v) is 8.64. The van der Waals surface area contributed by atoms with Crippen LogP contribution in [-0.4, -0.2) is 17.5 Å². The van der Waals surface area contributed by atoms with Crippen molar-refractivity contribution in [3.05, 3.63) is 30.3 Å². The van der Waals surface area contributed by atoms with Gasteiger partial charge in [0.1, 0.15) is 0 Å². The van der Waals surface area contributed by atoms with Gasteiger partial charge in [-0.3, -0.25) is 0 Å². The van der Waals surface area contributed by atoms with Crippen LogP contribution in [0.1, 0.15) is 47.5 Å². The molecule has 0 nitrogen and oxygen atoms in total. The predicted molar refractivity (Wildman–Crippen MR) is 83.0 cm³/mol. The highest BCUT2D eigenvalue weighted by atomic mass is 31.2. The highest BCUT2D eigenvalue weighted by Gasteiger charge is 2.47. The van der Waals surface area contributed by atoms with Gasteiger partial charge >= 0.3 is 0 Å². The molecule has 0 fully saturated rings. The molecule has 0 bridgehead atoms. The summed E-state index contributed by atoms with van der Waals surface area (Å²) in [5, 5.41) is 1.64. The van der Waals surface area contributed by atoms with Gasteiger partial charge in [0.25, 0.3) is 0 Å². The molecule has 0 spiro atoms. The van der Waals surface area contributed by atoms with E-state index in [1.807, 2.05) is 0 Å². The van der Waals surface area contributed by atoms with Crippen LogP contribution in [0.5, 0.6) is 0 Å². The zero-order valence-corrected chi connectivity index (χ0v) is 13.0. The van der Waals surface area contributed by atoms with E-state index in [-0.39, 0.29) is 0 Å². The van der Waals surface area contributed by atoms with Crippen molar-refractivity contribution in [2.45, 2.75) is 58.8 Å². The van der Waals surface area contributed by atoms with Gasteiger partial charge in [0.15, 0.2) is 0 Å². The van der Waals surface area contributed by atoms with E-state index in [2.05, 4.69) is 65.0 Å². The van der Waals surface area contributed by atoms with E-state index in [1.54, 1.807) is 5.30 Å². The number of hydrogen-bond donors (Lipinski definition) is 0.